The van der Waals surface area contributed by atoms with Gasteiger partial charge in [-0.05, 0) is 46.5 Å². The summed E-state index contributed by atoms with van der Waals surface area (Å²) in [6, 6.07) is -0.0873. The monoisotopic (exact) mass is 457 g/mol. The topological polar surface area (TPSA) is 149 Å². The van der Waals surface area contributed by atoms with E-state index < -0.39 is 22.3 Å². The number of carbonyl (C=O) groups is 1. The molecule has 2 rings (SSSR count). The molecule has 0 saturated heterocycles. The minimum absolute atomic E-state index is 0.0289. The highest BCUT2D eigenvalue weighted by molar-refractivity contribution is 7.99. The summed E-state index contributed by atoms with van der Waals surface area (Å²) in [6.45, 7) is 7.31. The van der Waals surface area contributed by atoms with Crippen LogP contribution in [0.5, 0.6) is 0 Å². The van der Waals surface area contributed by atoms with Gasteiger partial charge in [-0.2, -0.15) is 9.97 Å². The first kappa shape index (κ1) is 25.1. The lowest BCUT2D eigenvalue weighted by atomic mass is 10.2. The maximum atomic E-state index is 12.2. The molecule has 11 nitrogen and oxygen atoms in total. The summed E-state index contributed by atoms with van der Waals surface area (Å²) in [5.41, 5.74) is -1.17. The normalized spacial score (nSPS) is 18.6. The van der Waals surface area contributed by atoms with Crippen molar-refractivity contribution >= 4 is 35.2 Å². The molecule has 1 aromatic heterocycles. The molecule has 1 saturated carbocycles. The van der Waals surface area contributed by atoms with E-state index in [2.05, 4.69) is 20.6 Å². The third-order valence-electron chi connectivity index (χ3n) is 4.27. The van der Waals surface area contributed by atoms with Crippen LogP contribution in [0.4, 0.5) is 22.1 Å². The summed E-state index contributed by atoms with van der Waals surface area (Å²) in [6.07, 6.45) is 2.16. The fourth-order valence-electron chi connectivity index (χ4n) is 3.09. The maximum absolute atomic E-state index is 12.2. The van der Waals surface area contributed by atoms with Gasteiger partial charge in [0, 0.05) is 11.8 Å². The highest BCUT2D eigenvalue weighted by Gasteiger charge is 2.32. The van der Waals surface area contributed by atoms with Gasteiger partial charge >= 0.3 is 11.8 Å². The second-order valence-electron chi connectivity index (χ2n) is 8.16. The molecular weight excluding hydrogens is 426 g/mol. The average Bonchev–Trinajstić information content (AvgIpc) is 3.09. The van der Waals surface area contributed by atoms with Crippen LogP contribution in [-0.4, -0.2) is 62.8 Å². The standard InChI is InChI=1S/C19H31N5O6S/c1-5-10-31-17-21-15(20-12-6-7-13(11-12)29-9-8-25)14(24(27)28)16(22-17)23-18(26)30-19(2,3)4/h12-13,25H,5-11H2,1-4H3,(H2,20,21,22,23,26). The number of rotatable bonds is 10. The number of thioether (sulfide) groups is 1. The van der Waals surface area contributed by atoms with Crippen molar-refractivity contribution < 1.29 is 24.3 Å². The van der Waals surface area contributed by atoms with Crippen molar-refractivity contribution in [1.82, 2.24) is 9.97 Å². The fourth-order valence-corrected chi connectivity index (χ4v) is 3.79. The van der Waals surface area contributed by atoms with Crippen molar-refractivity contribution in [2.75, 3.05) is 29.6 Å². The van der Waals surface area contributed by atoms with Gasteiger partial charge < -0.3 is 19.9 Å². The Kier molecular flexibility index (Phi) is 9.26. The van der Waals surface area contributed by atoms with E-state index in [9.17, 15) is 14.9 Å². The fraction of sp³-hybridized carbons (Fsp3) is 0.737. The van der Waals surface area contributed by atoms with Crippen LogP contribution in [0.2, 0.25) is 0 Å². The molecule has 1 amide bonds. The van der Waals surface area contributed by atoms with E-state index in [0.29, 0.717) is 11.6 Å². The Bertz CT molecular complexity index is 773. The molecule has 3 N–H and O–H groups in total. The molecule has 1 aliphatic carbocycles. The number of nitrogens with zero attached hydrogens (tertiary/aromatic N) is 3. The summed E-state index contributed by atoms with van der Waals surface area (Å²) < 4.78 is 10.8. The van der Waals surface area contributed by atoms with Gasteiger partial charge in [0.2, 0.25) is 11.6 Å². The minimum atomic E-state index is -0.829. The zero-order chi connectivity index (χ0) is 23.0. The molecule has 0 aliphatic heterocycles. The lowest BCUT2D eigenvalue weighted by Crippen LogP contribution is -2.28. The molecule has 2 unspecified atom stereocenters. The molecule has 0 aromatic carbocycles. The Morgan fingerprint density at radius 3 is 2.65 bits per heavy atom. The molecule has 12 heteroatoms. The largest absolute Gasteiger partial charge is 0.444 e. The van der Waals surface area contributed by atoms with Gasteiger partial charge in [0.25, 0.3) is 0 Å². The average molecular weight is 458 g/mol. The van der Waals surface area contributed by atoms with Crippen molar-refractivity contribution in [2.24, 2.45) is 0 Å². The Labute approximate surface area is 185 Å². The number of amides is 1. The second-order valence-corrected chi connectivity index (χ2v) is 9.22. The number of carbonyl (C=O) groups excluding carboxylic acids is 1. The lowest BCUT2D eigenvalue weighted by molar-refractivity contribution is -0.383. The Morgan fingerprint density at radius 1 is 1.32 bits per heavy atom. The van der Waals surface area contributed by atoms with Gasteiger partial charge in [-0.3, -0.25) is 15.4 Å². The van der Waals surface area contributed by atoms with E-state index in [0.717, 1.165) is 25.0 Å². The van der Waals surface area contributed by atoms with Gasteiger partial charge in [0.05, 0.1) is 24.2 Å². The predicted molar refractivity (Wildman–Crippen MR) is 118 cm³/mol. The van der Waals surface area contributed by atoms with Crippen LogP contribution in [0.25, 0.3) is 0 Å². The van der Waals surface area contributed by atoms with Crippen LogP contribution in [0, 0.1) is 10.1 Å². The summed E-state index contributed by atoms with van der Waals surface area (Å²) in [7, 11) is 0. The zero-order valence-corrected chi connectivity index (χ0v) is 19.2. The number of aromatic nitrogens is 2. The Balaban J connectivity index is 2.29. The van der Waals surface area contributed by atoms with Crippen molar-refractivity contribution in [3.05, 3.63) is 10.1 Å². The number of hydrogen-bond donors (Lipinski definition) is 3. The molecular formula is C19H31N5O6S. The molecule has 1 heterocycles. The number of aliphatic hydroxyl groups is 1. The molecule has 0 spiro atoms. The first-order valence-electron chi connectivity index (χ1n) is 10.3. The summed E-state index contributed by atoms with van der Waals surface area (Å²) in [5.74, 6) is 0.572. The quantitative estimate of drug-likeness (QED) is 0.206. The number of nitro groups is 1. The van der Waals surface area contributed by atoms with E-state index in [4.69, 9.17) is 14.6 Å². The smallest absolute Gasteiger partial charge is 0.413 e. The number of nitrogens with one attached hydrogen (secondary N) is 2. The van der Waals surface area contributed by atoms with Crippen LogP contribution in [-0.2, 0) is 9.47 Å². The van der Waals surface area contributed by atoms with E-state index in [-0.39, 0.29) is 37.0 Å². The second kappa shape index (κ2) is 11.4. The van der Waals surface area contributed by atoms with Gasteiger partial charge in [-0.15, -0.1) is 0 Å². The van der Waals surface area contributed by atoms with Gasteiger partial charge in [0.15, 0.2) is 5.16 Å². The van der Waals surface area contributed by atoms with Crippen LogP contribution in [0.1, 0.15) is 53.4 Å². The van der Waals surface area contributed by atoms with E-state index in [1.807, 2.05) is 6.92 Å². The molecule has 31 heavy (non-hydrogen) atoms. The van der Waals surface area contributed by atoms with Gasteiger partial charge in [-0.1, -0.05) is 18.7 Å². The highest BCUT2D eigenvalue weighted by atomic mass is 32.2. The molecule has 1 aromatic rings. The molecule has 1 fully saturated rings. The van der Waals surface area contributed by atoms with Crippen LogP contribution < -0.4 is 10.6 Å². The first-order chi connectivity index (χ1) is 14.6. The van der Waals surface area contributed by atoms with Crippen LogP contribution in [0.3, 0.4) is 0 Å². The summed E-state index contributed by atoms with van der Waals surface area (Å²) >= 11 is 1.35. The predicted octanol–water partition coefficient (Wildman–Crippen LogP) is 3.58. The highest BCUT2D eigenvalue weighted by Crippen LogP contribution is 2.35. The third-order valence-corrected chi connectivity index (χ3v) is 5.32. The molecule has 2 atom stereocenters. The van der Waals surface area contributed by atoms with E-state index >= 15 is 0 Å². The SMILES string of the molecule is CCCSc1nc(NC(=O)OC(C)(C)C)c([N+](=O)[O-])c(NC2CCC(OCCO)C2)n1. The van der Waals surface area contributed by atoms with Crippen molar-refractivity contribution in [2.45, 2.75) is 76.3 Å². The maximum Gasteiger partial charge on any atom is 0.413 e. The molecule has 174 valence electrons. The number of hydrogen-bond acceptors (Lipinski definition) is 10. The van der Waals surface area contributed by atoms with Gasteiger partial charge in [-0.25, -0.2) is 4.79 Å². The van der Waals surface area contributed by atoms with Crippen molar-refractivity contribution in [1.29, 1.82) is 0 Å². The number of aliphatic hydroxyl groups excluding tert-OH is 1. The summed E-state index contributed by atoms with van der Waals surface area (Å²) in [4.78, 5) is 32.0. The lowest BCUT2D eigenvalue weighted by Gasteiger charge is -2.20. The van der Waals surface area contributed by atoms with Crippen molar-refractivity contribution in [3.63, 3.8) is 0 Å². The summed E-state index contributed by atoms with van der Waals surface area (Å²) in [5, 5.41) is 26.6. The zero-order valence-electron chi connectivity index (χ0n) is 18.3. The van der Waals surface area contributed by atoms with Gasteiger partial charge in [0.1, 0.15) is 5.60 Å². The minimum Gasteiger partial charge on any atom is -0.444 e. The Morgan fingerprint density at radius 2 is 2.03 bits per heavy atom. The number of ether oxygens (including phenoxy) is 2. The Hall–Kier alpha value is -2.18. The van der Waals surface area contributed by atoms with E-state index in [1.54, 1.807) is 20.8 Å². The van der Waals surface area contributed by atoms with E-state index in [1.165, 1.54) is 11.8 Å². The molecule has 0 bridgehead atoms. The first-order valence-corrected chi connectivity index (χ1v) is 11.3. The third kappa shape index (κ3) is 8.11. The molecule has 0 radical (unpaired) electrons. The number of anilines is 2. The van der Waals surface area contributed by atoms with Crippen molar-refractivity contribution in [3.8, 4) is 0 Å². The van der Waals surface area contributed by atoms with Crippen LogP contribution >= 0.6 is 11.8 Å². The van der Waals surface area contributed by atoms with Crippen LogP contribution in [0.15, 0.2) is 5.16 Å². The molecule has 1 aliphatic rings.